The molecule has 0 radical (unpaired) electrons. The Balaban J connectivity index is 1.45. The number of hydrogen-bond donors (Lipinski definition) is 0. The number of para-hydroxylation sites is 1. The third-order valence-electron chi connectivity index (χ3n) is 7.61. The van der Waals surface area contributed by atoms with Crippen LogP contribution in [0.3, 0.4) is 0 Å². The van der Waals surface area contributed by atoms with Crippen molar-refractivity contribution < 1.29 is 37.0 Å². The van der Waals surface area contributed by atoms with E-state index in [1.807, 2.05) is 0 Å². The van der Waals surface area contributed by atoms with Gasteiger partial charge in [0.25, 0.3) is 0 Å². The van der Waals surface area contributed by atoms with Crippen molar-refractivity contribution in [2.75, 3.05) is 38.3 Å². The molecule has 2 fully saturated rings. The van der Waals surface area contributed by atoms with Gasteiger partial charge < -0.3 is 14.4 Å². The third kappa shape index (κ3) is 4.80. The van der Waals surface area contributed by atoms with Crippen molar-refractivity contribution in [3.63, 3.8) is 0 Å². The van der Waals surface area contributed by atoms with E-state index in [1.165, 1.54) is 17.7 Å². The number of rotatable bonds is 5. The Morgan fingerprint density at radius 1 is 1.05 bits per heavy atom. The Hall–Kier alpha value is -3.62. The number of hydrogen-bond acceptors (Lipinski definition) is 8. The highest BCUT2D eigenvalue weighted by atomic mass is 32.2. The minimum Gasteiger partial charge on any atom is -0.496 e. The summed E-state index contributed by atoms with van der Waals surface area (Å²) in [5.74, 6) is -3.06. The van der Waals surface area contributed by atoms with E-state index in [0.29, 0.717) is 47.5 Å². The van der Waals surface area contributed by atoms with Gasteiger partial charge in [-0.05, 0) is 24.3 Å². The number of benzene rings is 2. The number of ether oxygens (including phenoxy) is 2. The summed E-state index contributed by atoms with van der Waals surface area (Å²) in [6, 6.07) is 11.0. The molecule has 42 heavy (non-hydrogen) atoms. The fourth-order valence-electron chi connectivity index (χ4n) is 5.64. The maximum absolute atomic E-state index is 14.0. The number of halogens is 3. The third-order valence-corrected chi connectivity index (χ3v) is 10.2. The molecule has 0 N–H and O–H groups in total. The van der Waals surface area contributed by atoms with Gasteiger partial charge in [-0.1, -0.05) is 47.4 Å². The van der Waals surface area contributed by atoms with Gasteiger partial charge in [-0.3, -0.25) is 23.7 Å². The average molecular weight is 620 g/mol. The normalized spacial score (nSPS) is 22.2. The van der Waals surface area contributed by atoms with Crippen molar-refractivity contribution in [3.05, 3.63) is 74.2 Å². The molecule has 3 aliphatic heterocycles. The fraction of sp³-hybridized carbons (Fsp3) is 0.357. The molecule has 14 heteroatoms. The van der Waals surface area contributed by atoms with E-state index < -0.39 is 45.5 Å². The van der Waals surface area contributed by atoms with E-state index >= 15 is 0 Å². The highest BCUT2D eigenvalue weighted by Crippen LogP contribution is 2.55. The predicted octanol–water partition coefficient (Wildman–Crippen LogP) is 3.59. The smallest absolute Gasteiger partial charge is 0.416 e. The Bertz CT molecular complexity index is 1630. The van der Waals surface area contributed by atoms with Gasteiger partial charge in [0.05, 0.1) is 42.5 Å². The summed E-state index contributed by atoms with van der Waals surface area (Å²) in [5, 5.41) is -0.663. The van der Waals surface area contributed by atoms with Gasteiger partial charge in [-0.2, -0.15) is 13.2 Å². The lowest BCUT2D eigenvalue weighted by atomic mass is 9.82. The number of anilines is 1. The van der Waals surface area contributed by atoms with Crippen molar-refractivity contribution in [2.24, 2.45) is 5.92 Å². The quantitative estimate of drug-likeness (QED) is 0.403. The standard InChI is InChI=1S/C28H24F3N3O6S2/c1-39-18-8-3-2-7-17(18)20-21-22(25(37)34(24(21)36)16-6-4-5-15(13-16)28(29,30)31)41-26-23(20)42-27(38)33(26)14-19(35)32-9-11-40-12-10-32/h2-8,13,20-22H,9-12,14H2,1H3/t20-,21-,22+/m0/s1. The Labute approximate surface area is 245 Å². The highest BCUT2D eigenvalue weighted by Gasteiger charge is 2.57. The van der Waals surface area contributed by atoms with Crippen LogP contribution in [0, 0.1) is 5.92 Å². The van der Waals surface area contributed by atoms with Gasteiger partial charge in [-0.15, -0.1) is 0 Å². The van der Waals surface area contributed by atoms with Crippen molar-refractivity contribution in [3.8, 4) is 5.75 Å². The molecule has 0 spiro atoms. The van der Waals surface area contributed by atoms with E-state index in [1.54, 1.807) is 29.2 Å². The van der Waals surface area contributed by atoms with Gasteiger partial charge in [0.1, 0.15) is 17.5 Å². The van der Waals surface area contributed by atoms with Gasteiger partial charge in [0, 0.05) is 29.4 Å². The number of carbonyl (C=O) groups is 3. The second-order valence-electron chi connectivity index (χ2n) is 9.96. The van der Waals surface area contributed by atoms with Crippen LogP contribution in [0.4, 0.5) is 18.9 Å². The summed E-state index contributed by atoms with van der Waals surface area (Å²) in [7, 11) is 1.46. The molecule has 4 heterocycles. The number of carbonyl (C=O) groups excluding carboxylic acids is 3. The summed E-state index contributed by atoms with van der Waals surface area (Å²) in [5.41, 5.74) is -0.618. The Morgan fingerprint density at radius 2 is 1.79 bits per heavy atom. The molecule has 0 aliphatic carbocycles. The monoisotopic (exact) mass is 619 g/mol. The first-order valence-electron chi connectivity index (χ1n) is 13.0. The van der Waals surface area contributed by atoms with Gasteiger partial charge >= 0.3 is 11.0 Å². The topological polar surface area (TPSA) is 98.2 Å². The highest BCUT2D eigenvalue weighted by molar-refractivity contribution is 8.00. The Kier molecular flexibility index (Phi) is 7.39. The maximum Gasteiger partial charge on any atom is 0.416 e. The summed E-state index contributed by atoms with van der Waals surface area (Å²) in [4.78, 5) is 56.8. The van der Waals surface area contributed by atoms with Crippen LogP contribution >= 0.6 is 23.1 Å². The van der Waals surface area contributed by atoms with Crippen LogP contribution in [0.5, 0.6) is 5.75 Å². The molecular weight excluding hydrogens is 595 g/mol. The predicted molar refractivity (Wildman–Crippen MR) is 148 cm³/mol. The first-order valence-corrected chi connectivity index (χ1v) is 14.7. The first kappa shape index (κ1) is 28.5. The molecule has 6 rings (SSSR count). The van der Waals surface area contributed by atoms with Gasteiger partial charge in [0.15, 0.2) is 0 Å². The number of amides is 3. The van der Waals surface area contributed by atoms with Gasteiger partial charge in [-0.25, -0.2) is 4.90 Å². The lowest BCUT2D eigenvalue weighted by Gasteiger charge is -2.32. The molecule has 3 amide bonds. The summed E-state index contributed by atoms with van der Waals surface area (Å²) in [6.07, 6.45) is -4.67. The zero-order chi connectivity index (χ0) is 29.8. The number of aromatic nitrogens is 1. The Morgan fingerprint density at radius 3 is 2.50 bits per heavy atom. The number of fused-ring (bicyclic) bond motifs is 2. The first-order chi connectivity index (χ1) is 20.1. The molecule has 0 saturated carbocycles. The molecule has 2 saturated heterocycles. The molecule has 3 aromatic rings. The molecule has 1 aromatic heterocycles. The zero-order valence-electron chi connectivity index (χ0n) is 22.1. The number of morpholine rings is 1. The zero-order valence-corrected chi connectivity index (χ0v) is 23.8. The molecule has 0 unspecified atom stereocenters. The molecule has 3 atom stereocenters. The molecular formula is C28H24F3N3O6S2. The summed E-state index contributed by atoms with van der Waals surface area (Å²) >= 11 is 1.89. The van der Waals surface area contributed by atoms with Crippen molar-refractivity contribution in [2.45, 2.75) is 28.9 Å². The molecule has 2 aromatic carbocycles. The van der Waals surface area contributed by atoms with Crippen molar-refractivity contribution >= 4 is 46.5 Å². The number of methoxy groups -OCH3 is 1. The largest absolute Gasteiger partial charge is 0.496 e. The van der Waals surface area contributed by atoms with Crippen molar-refractivity contribution in [1.29, 1.82) is 0 Å². The van der Waals surface area contributed by atoms with Crippen LogP contribution in [0.2, 0.25) is 0 Å². The van der Waals surface area contributed by atoms with Crippen LogP contribution in [0.15, 0.2) is 58.4 Å². The number of thiazole rings is 1. The minimum atomic E-state index is -4.67. The van der Waals surface area contributed by atoms with Crippen molar-refractivity contribution in [1.82, 2.24) is 9.47 Å². The number of alkyl halides is 3. The van der Waals surface area contributed by atoms with E-state index in [0.717, 1.165) is 46.2 Å². The lowest BCUT2D eigenvalue weighted by Crippen LogP contribution is -2.43. The lowest BCUT2D eigenvalue weighted by molar-refractivity contribution is -0.138. The van der Waals surface area contributed by atoms with Gasteiger partial charge in [0.2, 0.25) is 17.7 Å². The molecule has 3 aliphatic rings. The van der Waals surface area contributed by atoms with Crippen LogP contribution in [-0.2, 0) is 31.8 Å². The van der Waals surface area contributed by atoms with Crippen LogP contribution in [-0.4, -0.2) is 65.9 Å². The number of thioether (sulfide) groups is 1. The summed E-state index contributed by atoms with van der Waals surface area (Å²) < 4.78 is 52.7. The van der Waals surface area contributed by atoms with E-state index in [9.17, 15) is 32.3 Å². The molecule has 9 nitrogen and oxygen atoms in total. The second-order valence-corrected chi connectivity index (χ2v) is 12.1. The fourth-order valence-corrected chi connectivity index (χ4v) is 8.40. The molecule has 0 bridgehead atoms. The SMILES string of the molecule is COc1ccccc1[C@@H]1c2sc(=O)n(CC(=O)N3CCOCC3)c2S[C@H]2C(=O)N(c3cccc(C(F)(F)F)c3)C(=O)[C@@H]12. The van der Waals surface area contributed by atoms with Crippen LogP contribution in [0.25, 0.3) is 0 Å². The maximum atomic E-state index is 14.0. The van der Waals surface area contributed by atoms with Crippen LogP contribution < -0.4 is 14.5 Å². The summed E-state index contributed by atoms with van der Waals surface area (Å²) in [6.45, 7) is 1.30. The van der Waals surface area contributed by atoms with E-state index in [4.69, 9.17) is 9.47 Å². The number of nitrogens with zero attached hydrogens (tertiary/aromatic N) is 3. The van der Waals surface area contributed by atoms with E-state index in [2.05, 4.69) is 0 Å². The van der Waals surface area contributed by atoms with Crippen LogP contribution in [0.1, 0.15) is 21.9 Å². The molecule has 220 valence electrons. The minimum absolute atomic E-state index is 0.183. The number of imide groups is 1. The average Bonchev–Trinajstić information content (AvgIpc) is 3.43. The van der Waals surface area contributed by atoms with E-state index in [-0.39, 0.29) is 18.1 Å². The second kappa shape index (κ2) is 10.9.